The van der Waals surface area contributed by atoms with Crippen LogP contribution in [-0.2, 0) is 6.54 Å². The number of aryl methyl sites for hydroxylation is 1. The van der Waals surface area contributed by atoms with Crippen LogP contribution < -0.4 is 5.32 Å². The van der Waals surface area contributed by atoms with Crippen molar-refractivity contribution in [3.8, 4) is 0 Å². The Morgan fingerprint density at radius 1 is 1.29 bits per heavy atom. The Bertz CT molecular complexity index is 714. The lowest BCUT2D eigenvalue weighted by atomic mass is 10.4. The Morgan fingerprint density at radius 2 is 2.05 bits per heavy atom. The molecule has 2 saturated carbocycles. The van der Waals surface area contributed by atoms with E-state index >= 15 is 0 Å². The fourth-order valence-corrected chi connectivity index (χ4v) is 2.81. The number of hydrogen-bond acceptors (Lipinski definition) is 4. The Morgan fingerprint density at radius 3 is 2.67 bits per heavy atom. The standard InChI is InChI=1S/C14H19N5S.ClH/c1-2-7-19-13-10(16-11(17-13)8-3-4-8)12(18-14(19)20)15-9-5-6-9;/h8-9H,2-7H2,1H3,(H,16,17)(H,15,18,20);1H. The second-order valence-electron chi connectivity index (χ2n) is 5.91. The van der Waals surface area contributed by atoms with Gasteiger partial charge < -0.3 is 10.3 Å². The maximum absolute atomic E-state index is 5.45. The van der Waals surface area contributed by atoms with Crippen LogP contribution in [0, 0.1) is 4.77 Å². The molecule has 114 valence electrons. The maximum Gasteiger partial charge on any atom is 0.203 e. The summed E-state index contributed by atoms with van der Waals surface area (Å²) in [5.74, 6) is 2.60. The van der Waals surface area contributed by atoms with Gasteiger partial charge in [0.1, 0.15) is 11.3 Å². The summed E-state index contributed by atoms with van der Waals surface area (Å²) >= 11 is 5.45. The minimum Gasteiger partial charge on any atom is -0.365 e. The van der Waals surface area contributed by atoms with Gasteiger partial charge in [0.05, 0.1) is 0 Å². The Labute approximate surface area is 135 Å². The van der Waals surface area contributed by atoms with Crippen molar-refractivity contribution in [2.24, 2.45) is 0 Å². The van der Waals surface area contributed by atoms with Crippen LogP contribution in [0.3, 0.4) is 0 Å². The molecule has 2 aromatic heterocycles. The number of aromatic nitrogens is 4. The fourth-order valence-electron chi connectivity index (χ4n) is 2.55. The van der Waals surface area contributed by atoms with Gasteiger partial charge in [0, 0.05) is 18.5 Å². The number of rotatable bonds is 5. The molecule has 0 aliphatic heterocycles. The van der Waals surface area contributed by atoms with Gasteiger partial charge >= 0.3 is 0 Å². The maximum atomic E-state index is 5.45. The average Bonchev–Trinajstić information content (AvgIpc) is 3.34. The van der Waals surface area contributed by atoms with Crippen molar-refractivity contribution in [3.05, 3.63) is 10.6 Å². The highest BCUT2D eigenvalue weighted by Gasteiger charge is 2.29. The molecule has 0 spiro atoms. The largest absolute Gasteiger partial charge is 0.365 e. The van der Waals surface area contributed by atoms with Crippen LogP contribution >= 0.6 is 24.6 Å². The third kappa shape index (κ3) is 2.79. The topological polar surface area (TPSA) is 58.5 Å². The summed E-state index contributed by atoms with van der Waals surface area (Å²) in [5, 5.41) is 3.48. The third-order valence-electron chi connectivity index (χ3n) is 3.96. The van der Waals surface area contributed by atoms with Gasteiger partial charge in [-0.3, -0.25) is 4.57 Å². The number of halogens is 1. The summed E-state index contributed by atoms with van der Waals surface area (Å²) in [7, 11) is 0. The summed E-state index contributed by atoms with van der Waals surface area (Å²) < 4.78 is 2.70. The van der Waals surface area contributed by atoms with Crippen LogP contribution in [0.25, 0.3) is 11.2 Å². The zero-order chi connectivity index (χ0) is 13.7. The molecule has 2 aliphatic carbocycles. The first-order valence-corrected chi connectivity index (χ1v) is 7.94. The molecule has 2 heterocycles. The number of imidazole rings is 1. The molecule has 0 aromatic carbocycles. The van der Waals surface area contributed by atoms with Crippen molar-refractivity contribution in [2.45, 2.75) is 57.5 Å². The molecular formula is C14H20ClN5S. The third-order valence-corrected chi connectivity index (χ3v) is 4.27. The second-order valence-corrected chi connectivity index (χ2v) is 6.27. The molecular weight excluding hydrogens is 306 g/mol. The quantitative estimate of drug-likeness (QED) is 0.821. The van der Waals surface area contributed by atoms with Crippen LogP contribution in [0.2, 0.25) is 0 Å². The van der Waals surface area contributed by atoms with Crippen LogP contribution in [0.1, 0.15) is 50.8 Å². The highest BCUT2D eigenvalue weighted by atomic mass is 35.5. The summed E-state index contributed by atoms with van der Waals surface area (Å²) in [6.45, 7) is 3.03. The minimum atomic E-state index is 0. The predicted molar refractivity (Wildman–Crippen MR) is 88.9 cm³/mol. The predicted octanol–water partition coefficient (Wildman–Crippen LogP) is 3.77. The van der Waals surface area contributed by atoms with Gasteiger partial charge in [0.15, 0.2) is 11.5 Å². The number of aromatic amines is 1. The van der Waals surface area contributed by atoms with E-state index in [1.165, 1.54) is 25.7 Å². The van der Waals surface area contributed by atoms with E-state index in [4.69, 9.17) is 17.2 Å². The molecule has 2 N–H and O–H groups in total. The molecule has 0 bridgehead atoms. The van der Waals surface area contributed by atoms with E-state index in [9.17, 15) is 0 Å². The van der Waals surface area contributed by atoms with Gasteiger partial charge in [0.2, 0.25) is 4.77 Å². The zero-order valence-corrected chi connectivity index (χ0v) is 13.7. The lowest BCUT2D eigenvalue weighted by molar-refractivity contribution is 0.670. The molecule has 5 nitrogen and oxygen atoms in total. The van der Waals surface area contributed by atoms with Gasteiger partial charge in [-0.25, -0.2) is 9.97 Å². The lowest BCUT2D eigenvalue weighted by Gasteiger charge is -2.09. The summed E-state index contributed by atoms with van der Waals surface area (Å²) in [4.78, 5) is 12.9. The van der Waals surface area contributed by atoms with Crippen LogP contribution in [-0.4, -0.2) is 25.6 Å². The summed E-state index contributed by atoms with van der Waals surface area (Å²) in [6.07, 6.45) is 5.97. The number of H-pyrrole nitrogens is 1. The first kappa shape index (κ1) is 14.8. The van der Waals surface area contributed by atoms with Gasteiger partial charge in [-0.15, -0.1) is 12.4 Å². The highest BCUT2D eigenvalue weighted by Crippen LogP contribution is 2.39. The first-order valence-electron chi connectivity index (χ1n) is 7.53. The van der Waals surface area contributed by atoms with E-state index in [0.29, 0.717) is 16.7 Å². The Balaban J connectivity index is 0.00000132. The molecule has 0 unspecified atom stereocenters. The molecule has 4 rings (SSSR count). The van der Waals surface area contributed by atoms with Gasteiger partial charge in [-0.2, -0.15) is 0 Å². The van der Waals surface area contributed by atoms with Crippen LogP contribution in [0.5, 0.6) is 0 Å². The van der Waals surface area contributed by atoms with E-state index in [1.807, 2.05) is 0 Å². The highest BCUT2D eigenvalue weighted by molar-refractivity contribution is 7.71. The van der Waals surface area contributed by atoms with Crippen LogP contribution in [0.15, 0.2) is 0 Å². The molecule has 0 saturated heterocycles. The van der Waals surface area contributed by atoms with E-state index < -0.39 is 0 Å². The number of hydrogen-bond donors (Lipinski definition) is 2. The van der Waals surface area contributed by atoms with Crippen molar-refractivity contribution < 1.29 is 0 Å². The number of nitrogens with zero attached hydrogens (tertiary/aromatic N) is 3. The normalized spacial score (nSPS) is 17.8. The van der Waals surface area contributed by atoms with E-state index in [2.05, 4.69) is 26.8 Å². The number of anilines is 1. The molecule has 2 aromatic rings. The molecule has 0 atom stereocenters. The average molecular weight is 326 g/mol. The Hall–Kier alpha value is -1.14. The minimum absolute atomic E-state index is 0. The molecule has 2 fully saturated rings. The Kier molecular flexibility index (Phi) is 3.92. The van der Waals surface area contributed by atoms with Crippen molar-refractivity contribution in [1.29, 1.82) is 0 Å². The van der Waals surface area contributed by atoms with E-state index in [1.54, 1.807) is 0 Å². The molecule has 21 heavy (non-hydrogen) atoms. The van der Waals surface area contributed by atoms with Gasteiger partial charge in [-0.05, 0) is 44.3 Å². The number of nitrogens with one attached hydrogen (secondary N) is 2. The zero-order valence-electron chi connectivity index (χ0n) is 12.1. The van der Waals surface area contributed by atoms with E-state index in [0.717, 1.165) is 35.8 Å². The lowest BCUT2D eigenvalue weighted by Crippen LogP contribution is -2.09. The summed E-state index contributed by atoms with van der Waals surface area (Å²) in [6, 6.07) is 0.565. The van der Waals surface area contributed by atoms with Gasteiger partial charge in [-0.1, -0.05) is 6.92 Å². The van der Waals surface area contributed by atoms with Crippen molar-refractivity contribution in [2.75, 3.05) is 5.32 Å². The monoisotopic (exact) mass is 325 g/mol. The fraction of sp³-hybridized carbons (Fsp3) is 0.643. The van der Waals surface area contributed by atoms with Gasteiger partial charge in [0.25, 0.3) is 0 Å². The second kappa shape index (κ2) is 5.57. The SMILES string of the molecule is CCCn1c(=S)nc(NC2CC2)c2[nH]c(C3CC3)nc21.Cl. The summed E-state index contributed by atoms with van der Waals surface area (Å²) in [5.41, 5.74) is 2.00. The van der Waals surface area contributed by atoms with Crippen molar-refractivity contribution in [1.82, 2.24) is 19.5 Å². The molecule has 2 aliphatic rings. The molecule has 7 heteroatoms. The number of fused-ring (bicyclic) bond motifs is 1. The molecule has 0 amide bonds. The van der Waals surface area contributed by atoms with E-state index in [-0.39, 0.29) is 12.4 Å². The van der Waals surface area contributed by atoms with Crippen molar-refractivity contribution in [3.63, 3.8) is 0 Å². The smallest absolute Gasteiger partial charge is 0.203 e. The van der Waals surface area contributed by atoms with Crippen LogP contribution in [0.4, 0.5) is 5.82 Å². The van der Waals surface area contributed by atoms with Crippen molar-refractivity contribution >= 4 is 41.6 Å². The molecule has 0 radical (unpaired) electrons. The first-order chi connectivity index (χ1) is 9.76.